The van der Waals surface area contributed by atoms with Crippen molar-refractivity contribution < 1.29 is 9.47 Å². The van der Waals surface area contributed by atoms with E-state index in [9.17, 15) is 0 Å². The lowest BCUT2D eigenvalue weighted by atomic mass is 10.0. The predicted molar refractivity (Wildman–Crippen MR) is 84.6 cm³/mol. The van der Waals surface area contributed by atoms with Crippen LogP contribution in [0, 0.1) is 0 Å². The number of methoxy groups -OCH3 is 1. The van der Waals surface area contributed by atoms with Crippen LogP contribution in [0.5, 0.6) is 5.75 Å². The first-order valence-corrected chi connectivity index (χ1v) is 7.48. The molecule has 0 aromatic heterocycles. The zero-order valence-electron chi connectivity index (χ0n) is 12.9. The van der Waals surface area contributed by atoms with Gasteiger partial charge in [-0.2, -0.15) is 0 Å². The number of rotatable bonds is 8. The third kappa shape index (κ3) is 5.31. The molecule has 0 spiro atoms. The highest BCUT2D eigenvalue weighted by atomic mass is 35.5. The minimum atomic E-state index is -0.182. The minimum Gasteiger partial charge on any atom is -0.493 e. The standard InChI is InChI=1S/C16H26ClNO2/c1-5-12(18)11-13-14(17)7-6-8-15(13)20-10-9-16(2,3)19-4/h6-8,12H,5,9-11,18H2,1-4H3. The summed E-state index contributed by atoms with van der Waals surface area (Å²) in [6.07, 6.45) is 2.47. The van der Waals surface area contributed by atoms with Crippen LogP contribution >= 0.6 is 11.6 Å². The number of nitrogens with two attached hydrogens (primary N) is 1. The van der Waals surface area contributed by atoms with Crippen molar-refractivity contribution >= 4 is 11.6 Å². The first kappa shape index (κ1) is 17.3. The van der Waals surface area contributed by atoms with Gasteiger partial charge in [0.1, 0.15) is 5.75 Å². The van der Waals surface area contributed by atoms with Gasteiger partial charge in [0.25, 0.3) is 0 Å². The highest BCUT2D eigenvalue weighted by Crippen LogP contribution is 2.28. The minimum absolute atomic E-state index is 0.104. The van der Waals surface area contributed by atoms with Crippen LogP contribution in [0.15, 0.2) is 18.2 Å². The molecule has 1 unspecified atom stereocenters. The molecule has 0 bridgehead atoms. The van der Waals surface area contributed by atoms with Gasteiger partial charge >= 0.3 is 0 Å². The Labute approximate surface area is 127 Å². The molecule has 2 N–H and O–H groups in total. The Bertz CT molecular complexity index is 421. The maximum atomic E-state index is 6.27. The highest BCUT2D eigenvalue weighted by Gasteiger charge is 2.17. The fourth-order valence-electron chi connectivity index (χ4n) is 1.79. The molecule has 114 valence electrons. The Morgan fingerprint density at radius 3 is 2.65 bits per heavy atom. The van der Waals surface area contributed by atoms with E-state index in [2.05, 4.69) is 6.92 Å². The van der Waals surface area contributed by atoms with Crippen molar-refractivity contribution in [2.75, 3.05) is 13.7 Å². The van der Waals surface area contributed by atoms with E-state index < -0.39 is 0 Å². The van der Waals surface area contributed by atoms with Gasteiger partial charge in [-0.25, -0.2) is 0 Å². The van der Waals surface area contributed by atoms with E-state index in [1.807, 2.05) is 32.0 Å². The molecule has 0 aliphatic carbocycles. The van der Waals surface area contributed by atoms with Gasteiger partial charge in [0.05, 0.1) is 12.2 Å². The number of ether oxygens (including phenoxy) is 2. The van der Waals surface area contributed by atoms with Crippen molar-refractivity contribution in [3.63, 3.8) is 0 Å². The summed E-state index contributed by atoms with van der Waals surface area (Å²) in [5, 5.41) is 0.720. The van der Waals surface area contributed by atoms with E-state index in [-0.39, 0.29) is 11.6 Å². The van der Waals surface area contributed by atoms with Gasteiger partial charge < -0.3 is 15.2 Å². The van der Waals surface area contributed by atoms with Crippen molar-refractivity contribution in [3.8, 4) is 5.75 Å². The van der Waals surface area contributed by atoms with Crippen molar-refractivity contribution in [1.29, 1.82) is 0 Å². The molecule has 1 aromatic carbocycles. The van der Waals surface area contributed by atoms with Gasteiger partial charge in [-0.15, -0.1) is 0 Å². The second kappa shape index (κ2) is 7.87. The number of halogens is 1. The maximum absolute atomic E-state index is 6.27. The Morgan fingerprint density at radius 1 is 1.35 bits per heavy atom. The second-order valence-electron chi connectivity index (χ2n) is 5.65. The summed E-state index contributed by atoms with van der Waals surface area (Å²) in [5.74, 6) is 0.827. The molecule has 1 atom stereocenters. The lowest BCUT2D eigenvalue weighted by molar-refractivity contribution is 0.00537. The number of hydrogen-bond acceptors (Lipinski definition) is 3. The van der Waals surface area contributed by atoms with E-state index in [0.29, 0.717) is 6.61 Å². The summed E-state index contributed by atoms with van der Waals surface area (Å²) in [7, 11) is 1.71. The fraction of sp³-hybridized carbons (Fsp3) is 0.625. The van der Waals surface area contributed by atoms with Crippen LogP contribution in [0.1, 0.15) is 39.2 Å². The normalized spacial score (nSPS) is 13.3. The lowest BCUT2D eigenvalue weighted by Crippen LogP contribution is -2.25. The molecule has 0 amide bonds. The van der Waals surface area contributed by atoms with Gasteiger partial charge in [0, 0.05) is 30.2 Å². The average Bonchev–Trinajstić information content (AvgIpc) is 2.42. The van der Waals surface area contributed by atoms with Crippen LogP contribution in [-0.2, 0) is 11.2 Å². The molecular formula is C16H26ClNO2. The first-order chi connectivity index (χ1) is 9.39. The van der Waals surface area contributed by atoms with Gasteiger partial charge in [0.2, 0.25) is 0 Å². The molecule has 0 aliphatic heterocycles. The van der Waals surface area contributed by atoms with Crippen LogP contribution in [0.4, 0.5) is 0 Å². The fourth-order valence-corrected chi connectivity index (χ4v) is 2.03. The monoisotopic (exact) mass is 299 g/mol. The second-order valence-corrected chi connectivity index (χ2v) is 6.06. The Morgan fingerprint density at radius 2 is 2.05 bits per heavy atom. The third-order valence-electron chi connectivity index (χ3n) is 3.58. The summed E-state index contributed by atoms with van der Waals surface area (Å²) in [6, 6.07) is 5.84. The molecular weight excluding hydrogens is 274 g/mol. The first-order valence-electron chi connectivity index (χ1n) is 7.10. The molecule has 4 heteroatoms. The van der Waals surface area contributed by atoms with Crippen molar-refractivity contribution in [1.82, 2.24) is 0 Å². The van der Waals surface area contributed by atoms with E-state index in [4.69, 9.17) is 26.8 Å². The number of hydrogen-bond donors (Lipinski definition) is 1. The van der Waals surface area contributed by atoms with Crippen molar-refractivity contribution in [2.24, 2.45) is 5.73 Å². The molecule has 0 fully saturated rings. The van der Waals surface area contributed by atoms with Gasteiger partial charge in [-0.3, -0.25) is 0 Å². The van der Waals surface area contributed by atoms with Crippen LogP contribution in [0.2, 0.25) is 5.02 Å². The lowest BCUT2D eigenvalue weighted by Gasteiger charge is -2.23. The molecule has 3 nitrogen and oxygen atoms in total. The maximum Gasteiger partial charge on any atom is 0.124 e. The van der Waals surface area contributed by atoms with Crippen molar-refractivity contribution in [2.45, 2.75) is 51.7 Å². The predicted octanol–water partition coefficient (Wildman–Crippen LogP) is 3.81. The van der Waals surface area contributed by atoms with Gasteiger partial charge in [-0.1, -0.05) is 24.6 Å². The molecule has 0 heterocycles. The molecule has 1 rings (SSSR count). The smallest absolute Gasteiger partial charge is 0.124 e. The Kier molecular flexibility index (Phi) is 6.80. The van der Waals surface area contributed by atoms with E-state index in [1.165, 1.54) is 0 Å². The van der Waals surface area contributed by atoms with Crippen LogP contribution in [0.3, 0.4) is 0 Å². The molecule has 0 saturated carbocycles. The summed E-state index contributed by atoms with van der Waals surface area (Å²) in [5.41, 5.74) is 6.84. The quantitative estimate of drug-likeness (QED) is 0.794. The third-order valence-corrected chi connectivity index (χ3v) is 3.93. The summed E-state index contributed by atoms with van der Waals surface area (Å²) >= 11 is 6.27. The molecule has 0 aliphatic rings. The largest absolute Gasteiger partial charge is 0.493 e. The molecule has 1 aromatic rings. The van der Waals surface area contributed by atoms with Crippen LogP contribution in [-0.4, -0.2) is 25.4 Å². The molecule has 0 saturated heterocycles. The summed E-state index contributed by atoms with van der Waals surface area (Å²) < 4.78 is 11.3. The van der Waals surface area contributed by atoms with Crippen LogP contribution < -0.4 is 10.5 Å². The summed E-state index contributed by atoms with van der Waals surface area (Å²) in [4.78, 5) is 0. The molecule has 20 heavy (non-hydrogen) atoms. The van der Waals surface area contributed by atoms with Crippen molar-refractivity contribution in [3.05, 3.63) is 28.8 Å². The Hall–Kier alpha value is -0.770. The van der Waals surface area contributed by atoms with Crippen LogP contribution in [0.25, 0.3) is 0 Å². The number of benzene rings is 1. The van der Waals surface area contributed by atoms with E-state index in [1.54, 1.807) is 7.11 Å². The molecule has 0 radical (unpaired) electrons. The average molecular weight is 300 g/mol. The van der Waals surface area contributed by atoms with E-state index >= 15 is 0 Å². The van der Waals surface area contributed by atoms with Gasteiger partial charge in [-0.05, 0) is 38.8 Å². The SMILES string of the molecule is CCC(N)Cc1c(Cl)cccc1OCCC(C)(C)OC. The topological polar surface area (TPSA) is 44.5 Å². The highest BCUT2D eigenvalue weighted by molar-refractivity contribution is 6.31. The zero-order valence-corrected chi connectivity index (χ0v) is 13.7. The zero-order chi connectivity index (χ0) is 15.2. The van der Waals surface area contributed by atoms with Gasteiger partial charge in [0.15, 0.2) is 0 Å². The summed E-state index contributed by atoms with van der Waals surface area (Å²) in [6.45, 7) is 6.75. The van der Waals surface area contributed by atoms with E-state index in [0.717, 1.165) is 35.6 Å². The Balaban J connectivity index is 2.72.